The fourth-order valence-electron chi connectivity index (χ4n) is 3.34. The first-order valence-corrected chi connectivity index (χ1v) is 10.1. The molecule has 1 aromatic rings. The summed E-state index contributed by atoms with van der Waals surface area (Å²) in [5, 5.41) is 27.7. The van der Waals surface area contributed by atoms with Gasteiger partial charge in [-0.2, -0.15) is 0 Å². The van der Waals surface area contributed by atoms with Crippen LogP contribution >= 0.6 is 24.0 Å². The Morgan fingerprint density at radius 3 is 2.33 bits per heavy atom. The van der Waals surface area contributed by atoms with Gasteiger partial charge in [0.25, 0.3) is 0 Å². The van der Waals surface area contributed by atoms with Gasteiger partial charge < -0.3 is 26.2 Å². The van der Waals surface area contributed by atoms with Crippen LogP contribution < -0.4 is 16.0 Å². The third-order valence-electron chi connectivity index (χ3n) is 5.07. The van der Waals surface area contributed by atoms with Crippen LogP contribution in [0.2, 0.25) is 5.02 Å². The SMILES string of the molecule is CC(O)[C@H](NC(=O)C[C@@H](CNC(=O)C1CCNCC1)c1ccc(Cl)cc1)C(=O)O.Cl. The molecule has 2 rings (SSSR count). The number of hydrogen-bond acceptors (Lipinski definition) is 5. The van der Waals surface area contributed by atoms with Crippen molar-refractivity contribution in [2.45, 2.75) is 44.2 Å². The number of aliphatic hydroxyl groups excluding tert-OH is 1. The lowest BCUT2D eigenvalue weighted by atomic mass is 9.93. The molecule has 1 aromatic carbocycles. The van der Waals surface area contributed by atoms with Gasteiger partial charge in [-0.05, 0) is 50.6 Å². The number of benzene rings is 1. The van der Waals surface area contributed by atoms with Crippen molar-refractivity contribution >= 4 is 41.8 Å². The van der Waals surface area contributed by atoms with Crippen molar-refractivity contribution in [3.63, 3.8) is 0 Å². The first-order valence-electron chi connectivity index (χ1n) is 9.72. The van der Waals surface area contributed by atoms with E-state index in [1.807, 2.05) is 0 Å². The minimum Gasteiger partial charge on any atom is -0.480 e. The number of aliphatic carboxylic acids is 1. The van der Waals surface area contributed by atoms with Crippen molar-refractivity contribution < 1.29 is 24.6 Å². The van der Waals surface area contributed by atoms with Crippen LogP contribution in [0.15, 0.2) is 24.3 Å². The Morgan fingerprint density at radius 1 is 1.20 bits per heavy atom. The van der Waals surface area contributed by atoms with E-state index in [-0.39, 0.29) is 43.1 Å². The maximum Gasteiger partial charge on any atom is 0.328 e. The molecular weight excluding hydrogens is 433 g/mol. The third kappa shape index (κ3) is 8.10. The van der Waals surface area contributed by atoms with E-state index in [0.29, 0.717) is 5.02 Å². The van der Waals surface area contributed by atoms with Crippen molar-refractivity contribution in [1.29, 1.82) is 0 Å². The van der Waals surface area contributed by atoms with Gasteiger partial charge in [0.1, 0.15) is 0 Å². The summed E-state index contributed by atoms with van der Waals surface area (Å²) in [7, 11) is 0. The summed E-state index contributed by atoms with van der Waals surface area (Å²) >= 11 is 5.94. The number of rotatable bonds is 9. The van der Waals surface area contributed by atoms with Crippen LogP contribution in [0.4, 0.5) is 0 Å². The second-order valence-corrected chi connectivity index (χ2v) is 7.78. The average Bonchev–Trinajstić information content (AvgIpc) is 2.70. The van der Waals surface area contributed by atoms with Crippen LogP contribution in [0, 0.1) is 5.92 Å². The maximum absolute atomic E-state index is 12.5. The van der Waals surface area contributed by atoms with Gasteiger partial charge in [-0.15, -0.1) is 12.4 Å². The highest BCUT2D eigenvalue weighted by atomic mass is 35.5. The summed E-state index contributed by atoms with van der Waals surface area (Å²) in [6.07, 6.45) is 0.272. The summed E-state index contributed by atoms with van der Waals surface area (Å²) in [5.41, 5.74) is 0.805. The molecule has 1 aliphatic heterocycles. The van der Waals surface area contributed by atoms with Gasteiger partial charge in [0.05, 0.1) is 6.10 Å². The highest BCUT2D eigenvalue weighted by Crippen LogP contribution is 2.22. The third-order valence-corrected chi connectivity index (χ3v) is 5.32. The van der Waals surface area contributed by atoms with E-state index in [9.17, 15) is 19.5 Å². The van der Waals surface area contributed by atoms with Gasteiger partial charge in [-0.25, -0.2) is 4.79 Å². The Bertz CT molecular complexity index is 709. The Kier molecular flexibility index (Phi) is 11.1. The van der Waals surface area contributed by atoms with E-state index in [0.717, 1.165) is 31.5 Å². The van der Waals surface area contributed by atoms with Crippen LogP contribution in [0.25, 0.3) is 0 Å². The highest BCUT2D eigenvalue weighted by molar-refractivity contribution is 6.30. The molecule has 0 aromatic heterocycles. The molecule has 1 fully saturated rings. The molecule has 3 atom stereocenters. The van der Waals surface area contributed by atoms with Crippen LogP contribution in [-0.2, 0) is 14.4 Å². The molecule has 1 unspecified atom stereocenters. The zero-order chi connectivity index (χ0) is 21.4. The molecule has 0 radical (unpaired) electrons. The molecule has 0 aliphatic carbocycles. The normalized spacial score (nSPS) is 17.2. The van der Waals surface area contributed by atoms with Crippen molar-refractivity contribution in [1.82, 2.24) is 16.0 Å². The molecule has 30 heavy (non-hydrogen) atoms. The Hall–Kier alpha value is -1.87. The lowest BCUT2D eigenvalue weighted by molar-refractivity contribution is -0.144. The van der Waals surface area contributed by atoms with Crippen molar-refractivity contribution in [3.05, 3.63) is 34.9 Å². The van der Waals surface area contributed by atoms with E-state index >= 15 is 0 Å². The van der Waals surface area contributed by atoms with Gasteiger partial charge >= 0.3 is 5.97 Å². The lowest BCUT2D eigenvalue weighted by Crippen LogP contribution is -2.48. The van der Waals surface area contributed by atoms with Crippen LogP contribution in [0.1, 0.15) is 37.7 Å². The summed E-state index contributed by atoms with van der Waals surface area (Å²) < 4.78 is 0. The molecule has 10 heteroatoms. The predicted molar refractivity (Wildman–Crippen MR) is 116 cm³/mol. The number of aliphatic hydroxyl groups is 1. The standard InChI is InChI=1S/C20H28ClN3O5.ClH/c1-12(25)18(20(28)29)24-17(26)10-15(13-2-4-16(21)5-3-13)11-23-19(27)14-6-8-22-9-7-14;/h2-5,12,14-15,18,22,25H,6-11H2,1H3,(H,23,27)(H,24,26)(H,28,29);1H/t12?,15-,18-;/m0./s1. The minimum atomic E-state index is -1.39. The van der Waals surface area contributed by atoms with Crippen LogP contribution in [0.3, 0.4) is 0 Å². The quantitative estimate of drug-likeness (QED) is 0.377. The molecule has 0 spiro atoms. The predicted octanol–water partition coefficient (Wildman–Crippen LogP) is 1.30. The summed E-state index contributed by atoms with van der Waals surface area (Å²) in [6.45, 7) is 3.15. The smallest absolute Gasteiger partial charge is 0.328 e. The van der Waals surface area contributed by atoms with Gasteiger partial charge in [0, 0.05) is 29.8 Å². The molecule has 1 aliphatic rings. The molecule has 8 nitrogen and oxygen atoms in total. The molecule has 5 N–H and O–H groups in total. The Morgan fingerprint density at radius 2 is 1.80 bits per heavy atom. The number of carbonyl (C=O) groups is 3. The average molecular weight is 462 g/mol. The van der Waals surface area contributed by atoms with Gasteiger partial charge in [0.15, 0.2) is 6.04 Å². The number of hydrogen-bond donors (Lipinski definition) is 5. The largest absolute Gasteiger partial charge is 0.480 e. The van der Waals surface area contributed by atoms with Crippen molar-refractivity contribution in [2.24, 2.45) is 5.92 Å². The molecule has 0 bridgehead atoms. The van der Waals surface area contributed by atoms with E-state index in [1.165, 1.54) is 6.92 Å². The number of carboxylic acids is 1. The number of amides is 2. The number of nitrogens with one attached hydrogen (secondary N) is 3. The minimum absolute atomic E-state index is 0. The molecular formula is C20H29Cl2N3O5. The second-order valence-electron chi connectivity index (χ2n) is 7.35. The van der Waals surface area contributed by atoms with Crippen LogP contribution in [-0.4, -0.2) is 59.8 Å². The first kappa shape index (κ1) is 26.2. The topological polar surface area (TPSA) is 128 Å². The Labute approximate surface area is 187 Å². The summed E-state index contributed by atoms with van der Waals surface area (Å²) in [4.78, 5) is 36.1. The highest BCUT2D eigenvalue weighted by Gasteiger charge is 2.27. The molecule has 1 saturated heterocycles. The van der Waals surface area contributed by atoms with Gasteiger partial charge in [-0.1, -0.05) is 23.7 Å². The molecule has 168 valence electrons. The summed E-state index contributed by atoms with van der Waals surface area (Å²) in [6, 6.07) is 5.57. The molecule has 1 heterocycles. The second kappa shape index (κ2) is 12.7. The summed E-state index contributed by atoms with van der Waals surface area (Å²) in [5.74, 6) is -2.29. The molecule has 0 saturated carbocycles. The number of piperidine rings is 1. The molecule has 2 amide bonds. The van der Waals surface area contributed by atoms with E-state index in [1.54, 1.807) is 24.3 Å². The van der Waals surface area contributed by atoms with Crippen LogP contribution in [0.5, 0.6) is 0 Å². The van der Waals surface area contributed by atoms with Crippen molar-refractivity contribution in [2.75, 3.05) is 19.6 Å². The zero-order valence-corrected chi connectivity index (χ0v) is 18.3. The van der Waals surface area contributed by atoms with E-state index < -0.39 is 24.0 Å². The lowest BCUT2D eigenvalue weighted by Gasteiger charge is -2.24. The fourth-order valence-corrected chi connectivity index (χ4v) is 3.47. The van der Waals surface area contributed by atoms with Gasteiger partial charge in [-0.3, -0.25) is 9.59 Å². The maximum atomic E-state index is 12.5. The zero-order valence-electron chi connectivity index (χ0n) is 16.8. The van der Waals surface area contributed by atoms with Gasteiger partial charge in [0.2, 0.25) is 11.8 Å². The first-order chi connectivity index (χ1) is 13.8. The number of carbonyl (C=O) groups excluding carboxylic acids is 2. The number of carboxylic acid groups (broad SMARTS) is 1. The monoisotopic (exact) mass is 461 g/mol. The number of halogens is 2. The fraction of sp³-hybridized carbons (Fsp3) is 0.550. The van der Waals surface area contributed by atoms with E-state index in [2.05, 4.69) is 16.0 Å². The Balaban J connectivity index is 0.00000450. The van der Waals surface area contributed by atoms with Crippen molar-refractivity contribution in [3.8, 4) is 0 Å². The van der Waals surface area contributed by atoms with E-state index in [4.69, 9.17) is 16.7 Å².